The minimum absolute atomic E-state index is 0.161. The molecule has 0 unspecified atom stereocenters. The van der Waals surface area contributed by atoms with Gasteiger partial charge in [0.25, 0.3) is 0 Å². The number of hydrogen-bond acceptors (Lipinski definition) is 1. The van der Waals surface area contributed by atoms with E-state index in [4.69, 9.17) is 0 Å². The second kappa shape index (κ2) is 2.40. The third-order valence-electron chi connectivity index (χ3n) is 2.82. The summed E-state index contributed by atoms with van der Waals surface area (Å²) in [6.45, 7) is 0. The van der Waals surface area contributed by atoms with Crippen LogP contribution in [0.4, 0.5) is 16.8 Å². The third-order valence-corrected chi connectivity index (χ3v) is 5.55. The van der Waals surface area contributed by atoms with Crippen molar-refractivity contribution in [1.29, 1.82) is 0 Å². The SMILES string of the molecule is CN1C(c2ccccc2)=[N+](C)[P-]1(F)(F)(F)F. The molecule has 1 heterocycles. The summed E-state index contributed by atoms with van der Waals surface area (Å²) in [5.41, 5.74) is 0.347. The van der Waals surface area contributed by atoms with E-state index in [2.05, 4.69) is 0 Å². The van der Waals surface area contributed by atoms with E-state index in [-0.39, 0.29) is 14.9 Å². The predicted molar refractivity (Wildman–Crippen MR) is 55.9 cm³/mol. The molecule has 7 heteroatoms. The van der Waals surface area contributed by atoms with Gasteiger partial charge in [0.05, 0.1) is 0 Å². The number of rotatable bonds is 1. The molecule has 1 aromatic carbocycles. The maximum absolute atomic E-state index is 13.3. The average molecular weight is 254 g/mol. The van der Waals surface area contributed by atoms with Gasteiger partial charge in [-0.3, -0.25) is 0 Å². The molecule has 0 fully saturated rings. The van der Waals surface area contributed by atoms with Crippen molar-refractivity contribution in [2.45, 2.75) is 0 Å². The van der Waals surface area contributed by atoms with Gasteiger partial charge in [0.1, 0.15) is 0 Å². The number of halogens is 4. The Morgan fingerprint density at radius 1 is 1.06 bits per heavy atom. The Bertz CT molecular complexity index is 490. The molecule has 0 radical (unpaired) electrons. The van der Waals surface area contributed by atoms with Gasteiger partial charge in [0, 0.05) is 0 Å². The van der Waals surface area contributed by atoms with Crippen LogP contribution in [0.25, 0.3) is 0 Å². The number of nitrogens with zero attached hydrogens (tertiary/aromatic N) is 2. The van der Waals surface area contributed by atoms with Gasteiger partial charge in [-0.2, -0.15) is 0 Å². The molecule has 1 aliphatic heterocycles. The van der Waals surface area contributed by atoms with E-state index in [9.17, 15) is 16.8 Å². The Balaban J connectivity index is 2.62. The summed E-state index contributed by atoms with van der Waals surface area (Å²) in [4.78, 5) is 0. The van der Waals surface area contributed by atoms with Crippen molar-refractivity contribution in [3.63, 3.8) is 0 Å². The van der Waals surface area contributed by atoms with E-state index >= 15 is 0 Å². The standard InChI is InChI=1S/C9H11F4N2P/c1-14-9(8-6-4-3-5-7-8)15(2)16(14,10,11,12)13/h3-7H,1-2H3. The summed E-state index contributed by atoms with van der Waals surface area (Å²) in [7, 11) is -6.97. The molecule has 90 valence electrons. The first-order valence-corrected chi connectivity index (χ1v) is 6.73. The van der Waals surface area contributed by atoms with Crippen LogP contribution in [0.15, 0.2) is 30.3 Å². The Morgan fingerprint density at radius 3 is 2.00 bits per heavy atom. The molecule has 1 aromatic rings. The van der Waals surface area contributed by atoms with Crippen molar-refractivity contribution < 1.29 is 21.1 Å². The molecule has 0 atom stereocenters. The van der Waals surface area contributed by atoms with E-state index in [1.54, 1.807) is 18.2 Å². The Kier molecular flexibility index (Phi) is 1.70. The van der Waals surface area contributed by atoms with Crippen molar-refractivity contribution in [3.8, 4) is 0 Å². The molecule has 0 amide bonds. The molecule has 16 heavy (non-hydrogen) atoms. The Morgan fingerprint density at radius 2 is 1.56 bits per heavy atom. The third kappa shape index (κ3) is 1.19. The van der Waals surface area contributed by atoms with Crippen LogP contribution in [0, 0.1) is 0 Å². The molecule has 0 N–H and O–H groups in total. The van der Waals surface area contributed by atoms with Crippen molar-refractivity contribution >= 4 is 13.3 Å². The van der Waals surface area contributed by atoms with Crippen LogP contribution in [0.3, 0.4) is 0 Å². The molecule has 0 aliphatic carbocycles. The van der Waals surface area contributed by atoms with Crippen LogP contribution in [0.2, 0.25) is 0 Å². The van der Waals surface area contributed by atoms with E-state index in [1.165, 1.54) is 12.1 Å². The predicted octanol–water partition coefficient (Wildman–Crippen LogP) is 3.48. The second-order valence-corrected chi connectivity index (χ2v) is 7.17. The van der Waals surface area contributed by atoms with Gasteiger partial charge in [-0.05, 0) is 0 Å². The monoisotopic (exact) mass is 254 g/mol. The summed E-state index contributed by atoms with van der Waals surface area (Å²) in [6.07, 6.45) is 0. The van der Waals surface area contributed by atoms with E-state index in [0.717, 1.165) is 14.1 Å². The summed E-state index contributed by atoms with van der Waals surface area (Å²) in [5.74, 6) is -0.161. The molecular formula is C9H11F4N2P. The minimum atomic E-state index is -8.41. The van der Waals surface area contributed by atoms with Gasteiger partial charge in [0.15, 0.2) is 0 Å². The van der Waals surface area contributed by atoms with Crippen molar-refractivity contribution in [3.05, 3.63) is 35.9 Å². The summed E-state index contributed by atoms with van der Waals surface area (Å²) in [6, 6.07) is 7.93. The normalized spacial score (nSPS) is 29.5. The fourth-order valence-corrected chi connectivity index (χ4v) is 3.22. The number of amidine groups is 1. The Labute approximate surface area is 89.9 Å². The average Bonchev–Trinajstić information content (AvgIpc) is 2.18. The molecule has 1 aliphatic rings. The van der Waals surface area contributed by atoms with Gasteiger partial charge >= 0.3 is 89.1 Å². The van der Waals surface area contributed by atoms with Crippen LogP contribution < -0.4 is 0 Å². The summed E-state index contributed by atoms with van der Waals surface area (Å²) < 4.78 is 52.7. The summed E-state index contributed by atoms with van der Waals surface area (Å²) >= 11 is 0. The van der Waals surface area contributed by atoms with Crippen LogP contribution in [0.1, 0.15) is 5.56 Å². The molecule has 0 saturated carbocycles. The van der Waals surface area contributed by atoms with Crippen molar-refractivity contribution in [2.75, 3.05) is 14.1 Å². The zero-order chi connectivity index (χ0) is 12.3. The van der Waals surface area contributed by atoms with Crippen molar-refractivity contribution in [2.24, 2.45) is 0 Å². The molecule has 0 spiro atoms. The van der Waals surface area contributed by atoms with E-state index in [1.807, 2.05) is 0 Å². The van der Waals surface area contributed by atoms with Crippen LogP contribution >= 0.6 is 7.49 Å². The molecule has 0 bridgehead atoms. The topological polar surface area (TPSA) is 6.25 Å². The molecular weight excluding hydrogens is 243 g/mol. The van der Waals surface area contributed by atoms with Crippen LogP contribution in [-0.2, 0) is 0 Å². The van der Waals surface area contributed by atoms with Crippen LogP contribution in [-0.4, -0.2) is 28.9 Å². The first-order valence-electron chi connectivity index (χ1n) is 4.58. The quantitative estimate of drug-likeness (QED) is 0.549. The zero-order valence-corrected chi connectivity index (χ0v) is 9.63. The molecule has 2 rings (SSSR count). The van der Waals surface area contributed by atoms with Gasteiger partial charge in [0.2, 0.25) is 0 Å². The van der Waals surface area contributed by atoms with Gasteiger partial charge in [-0.15, -0.1) is 0 Å². The van der Waals surface area contributed by atoms with E-state index in [0.29, 0.717) is 5.56 Å². The molecule has 0 saturated heterocycles. The zero-order valence-electron chi connectivity index (χ0n) is 8.74. The van der Waals surface area contributed by atoms with Crippen molar-refractivity contribution in [1.82, 2.24) is 4.67 Å². The number of benzene rings is 1. The second-order valence-electron chi connectivity index (χ2n) is 3.81. The van der Waals surface area contributed by atoms with Gasteiger partial charge < -0.3 is 0 Å². The first-order chi connectivity index (χ1) is 7.08. The van der Waals surface area contributed by atoms with Gasteiger partial charge in [-0.1, -0.05) is 0 Å². The van der Waals surface area contributed by atoms with Gasteiger partial charge in [-0.25, -0.2) is 0 Å². The summed E-state index contributed by atoms with van der Waals surface area (Å²) in [5, 5.41) is 0. The van der Waals surface area contributed by atoms with E-state index < -0.39 is 7.49 Å². The van der Waals surface area contributed by atoms with Crippen LogP contribution in [0.5, 0.6) is 0 Å². The first kappa shape index (κ1) is 11.3. The fraction of sp³-hybridized carbons (Fsp3) is 0.222. The maximum atomic E-state index is 13.3. The molecule has 0 aromatic heterocycles. The fourth-order valence-electron chi connectivity index (χ4n) is 1.71. The Hall–Kier alpha value is -1.16. The molecule has 2 nitrogen and oxygen atoms in total. The number of hydrogen-bond donors (Lipinski definition) is 0.